The van der Waals surface area contributed by atoms with E-state index in [-0.39, 0.29) is 0 Å². The van der Waals surface area contributed by atoms with Crippen LogP contribution in [0.15, 0.2) is 18.3 Å². The molecule has 1 heterocycles. The van der Waals surface area contributed by atoms with Gasteiger partial charge in [-0.2, -0.15) is 0 Å². The first-order valence-electron chi connectivity index (χ1n) is 3.06. The largest absolute Gasteiger partial charge is 0.333 e. The van der Waals surface area contributed by atoms with Crippen LogP contribution < -0.4 is 5.44 Å². The van der Waals surface area contributed by atoms with Gasteiger partial charge in [0.2, 0.25) is 0 Å². The number of hydrogen-bond acceptors (Lipinski definition) is 0. The summed E-state index contributed by atoms with van der Waals surface area (Å²) in [7, 11) is -0.776. The van der Waals surface area contributed by atoms with Crippen LogP contribution in [0.4, 0.5) is 0 Å². The molecule has 0 atom stereocenters. The van der Waals surface area contributed by atoms with E-state index in [1.807, 2.05) is 6.20 Å². The van der Waals surface area contributed by atoms with E-state index < -0.39 is 7.26 Å². The molecule has 0 saturated carbocycles. The minimum Gasteiger partial charge on any atom is -0.333 e. The monoisotopic (exact) mass is 142 g/mol. The topological polar surface area (TPSA) is 15.8 Å². The van der Waals surface area contributed by atoms with E-state index in [4.69, 9.17) is 0 Å². The molecule has 1 rings (SSSR count). The first kappa shape index (κ1) is 6.82. The van der Waals surface area contributed by atoms with E-state index in [1.165, 1.54) is 5.44 Å². The fourth-order valence-corrected chi connectivity index (χ4v) is 1.73. The summed E-state index contributed by atoms with van der Waals surface area (Å²) in [6.45, 7) is 6.91. The van der Waals surface area contributed by atoms with Crippen LogP contribution in [0.25, 0.3) is 0 Å². The Kier molecular flexibility index (Phi) is 1.63. The van der Waals surface area contributed by atoms with Crippen molar-refractivity contribution in [3.05, 3.63) is 18.3 Å². The summed E-state index contributed by atoms with van der Waals surface area (Å²) in [6.07, 6.45) is 1.99. The quantitative estimate of drug-likeness (QED) is 0.572. The van der Waals surface area contributed by atoms with Crippen molar-refractivity contribution in [3.63, 3.8) is 0 Å². The SMILES string of the molecule is C[P+](C)(C)c1ccc[nH]1. The predicted octanol–water partition coefficient (Wildman–Crippen LogP) is 1.55. The summed E-state index contributed by atoms with van der Waals surface area (Å²) >= 11 is 0. The van der Waals surface area contributed by atoms with Crippen LogP contribution >= 0.6 is 7.26 Å². The normalized spacial score (nSPS) is 11.9. The van der Waals surface area contributed by atoms with Crippen LogP contribution in [0.2, 0.25) is 0 Å². The molecule has 0 spiro atoms. The van der Waals surface area contributed by atoms with Crippen LogP contribution in [0.5, 0.6) is 0 Å². The van der Waals surface area contributed by atoms with E-state index >= 15 is 0 Å². The molecule has 1 N–H and O–H groups in total. The van der Waals surface area contributed by atoms with Crippen molar-refractivity contribution < 1.29 is 0 Å². The third-order valence-corrected chi connectivity index (χ3v) is 3.03. The summed E-state index contributed by atoms with van der Waals surface area (Å²) in [5, 5.41) is 0. The van der Waals surface area contributed by atoms with Crippen LogP contribution in [0.3, 0.4) is 0 Å². The highest BCUT2D eigenvalue weighted by Crippen LogP contribution is 2.43. The Morgan fingerprint density at radius 3 is 2.22 bits per heavy atom. The minimum absolute atomic E-state index is 0.776. The predicted molar refractivity (Wildman–Crippen MR) is 45.1 cm³/mol. The number of aromatic amines is 1. The zero-order chi connectivity index (χ0) is 6.91. The van der Waals surface area contributed by atoms with Gasteiger partial charge in [-0.3, -0.25) is 0 Å². The molecule has 0 saturated heterocycles. The lowest BCUT2D eigenvalue weighted by Crippen LogP contribution is -2.07. The van der Waals surface area contributed by atoms with E-state index in [2.05, 4.69) is 37.1 Å². The summed E-state index contributed by atoms with van der Waals surface area (Å²) < 4.78 is 0. The molecule has 0 amide bonds. The Morgan fingerprint density at radius 2 is 2.00 bits per heavy atom. The van der Waals surface area contributed by atoms with Gasteiger partial charge < -0.3 is 4.98 Å². The molecular formula is C7H13NP+. The Balaban J connectivity index is 2.90. The average molecular weight is 142 g/mol. The fraction of sp³-hybridized carbons (Fsp3) is 0.429. The van der Waals surface area contributed by atoms with Crippen molar-refractivity contribution in [1.82, 2.24) is 4.98 Å². The van der Waals surface area contributed by atoms with Gasteiger partial charge in [-0.1, -0.05) is 0 Å². The molecule has 0 bridgehead atoms. The second-order valence-electron chi connectivity index (χ2n) is 3.07. The van der Waals surface area contributed by atoms with Crippen molar-refractivity contribution in [3.8, 4) is 0 Å². The molecule has 1 aromatic rings. The highest BCUT2D eigenvalue weighted by Gasteiger charge is 2.21. The summed E-state index contributed by atoms with van der Waals surface area (Å²) in [5.74, 6) is 0. The molecule has 0 radical (unpaired) electrons. The highest BCUT2D eigenvalue weighted by atomic mass is 31.2. The zero-order valence-corrected chi connectivity index (χ0v) is 7.07. The number of rotatable bonds is 1. The maximum Gasteiger partial charge on any atom is 0.159 e. The van der Waals surface area contributed by atoms with Crippen LogP contribution in [0.1, 0.15) is 0 Å². The molecule has 0 aromatic carbocycles. The molecular weight excluding hydrogens is 129 g/mol. The molecule has 0 aliphatic carbocycles. The molecule has 50 valence electrons. The van der Waals surface area contributed by atoms with Crippen LogP contribution in [0, 0.1) is 0 Å². The number of nitrogens with one attached hydrogen (secondary N) is 1. The van der Waals surface area contributed by atoms with Gasteiger partial charge in [0.1, 0.15) is 0 Å². The van der Waals surface area contributed by atoms with Crippen LogP contribution in [-0.2, 0) is 0 Å². The summed E-state index contributed by atoms with van der Waals surface area (Å²) in [4.78, 5) is 3.23. The molecule has 0 aliphatic rings. The lowest BCUT2D eigenvalue weighted by molar-refractivity contribution is 1.46. The Labute approximate surface area is 56.8 Å². The van der Waals surface area contributed by atoms with E-state index in [9.17, 15) is 0 Å². The van der Waals surface area contributed by atoms with E-state index in [1.54, 1.807) is 0 Å². The van der Waals surface area contributed by atoms with Gasteiger partial charge in [-0.05, 0) is 12.1 Å². The van der Waals surface area contributed by atoms with Gasteiger partial charge in [0, 0.05) is 6.20 Å². The van der Waals surface area contributed by atoms with Gasteiger partial charge >= 0.3 is 0 Å². The first-order valence-corrected chi connectivity index (χ1v) is 6.19. The molecule has 1 nitrogen and oxygen atoms in total. The molecule has 0 unspecified atom stereocenters. The Morgan fingerprint density at radius 1 is 1.33 bits per heavy atom. The van der Waals surface area contributed by atoms with Crippen molar-refractivity contribution in [1.29, 1.82) is 0 Å². The molecule has 2 heteroatoms. The average Bonchev–Trinajstić information content (AvgIpc) is 2.08. The highest BCUT2D eigenvalue weighted by molar-refractivity contribution is 7.80. The molecule has 9 heavy (non-hydrogen) atoms. The third kappa shape index (κ3) is 1.56. The van der Waals surface area contributed by atoms with Crippen molar-refractivity contribution in [2.75, 3.05) is 20.0 Å². The fourth-order valence-electron chi connectivity index (χ4n) is 0.738. The van der Waals surface area contributed by atoms with Gasteiger partial charge in [-0.25, -0.2) is 0 Å². The summed E-state index contributed by atoms with van der Waals surface area (Å²) in [6, 6.07) is 4.22. The van der Waals surface area contributed by atoms with Gasteiger partial charge in [0.25, 0.3) is 0 Å². The zero-order valence-electron chi connectivity index (χ0n) is 6.18. The van der Waals surface area contributed by atoms with E-state index in [0.717, 1.165) is 0 Å². The smallest absolute Gasteiger partial charge is 0.159 e. The molecule has 1 aromatic heterocycles. The summed E-state index contributed by atoms with van der Waals surface area (Å²) in [5.41, 5.74) is 1.41. The van der Waals surface area contributed by atoms with E-state index in [0.29, 0.717) is 0 Å². The van der Waals surface area contributed by atoms with Crippen molar-refractivity contribution in [2.45, 2.75) is 0 Å². The second kappa shape index (κ2) is 2.15. The standard InChI is InChI=1S/C7H13NP/c1-9(2,3)7-5-4-6-8-7/h4-6,8H,1-3H3/q+1. The Bertz CT molecular complexity index is 171. The maximum atomic E-state index is 3.23. The van der Waals surface area contributed by atoms with Gasteiger partial charge in [0.05, 0.1) is 27.3 Å². The number of hydrogen-bond donors (Lipinski definition) is 1. The van der Waals surface area contributed by atoms with Crippen LogP contribution in [-0.4, -0.2) is 25.0 Å². The van der Waals surface area contributed by atoms with Gasteiger partial charge in [0.15, 0.2) is 5.44 Å². The number of H-pyrrole nitrogens is 1. The molecule has 0 fully saturated rings. The lowest BCUT2D eigenvalue weighted by Gasteiger charge is -2.06. The van der Waals surface area contributed by atoms with Crippen molar-refractivity contribution in [2.24, 2.45) is 0 Å². The maximum absolute atomic E-state index is 3.23. The third-order valence-electron chi connectivity index (χ3n) is 1.30. The first-order chi connectivity index (χ1) is 4.11. The second-order valence-corrected chi connectivity index (χ2v) is 7.57. The van der Waals surface area contributed by atoms with Crippen molar-refractivity contribution >= 4 is 12.7 Å². The van der Waals surface area contributed by atoms with Gasteiger partial charge in [-0.15, -0.1) is 0 Å². The Hall–Kier alpha value is -0.290. The minimum atomic E-state index is -0.776. The molecule has 0 aliphatic heterocycles. The number of aromatic nitrogens is 1. The lowest BCUT2D eigenvalue weighted by atomic mass is 10.7.